The number of nitrogens with zero attached hydrogens (tertiary/aromatic N) is 5. The standard InChI is InChI=1S/C26H29N9O2/c27-23-21(10-5-11-22(23)37-16-17-6-2-1-3-7-17)33-26-29-15-20(24(28)36)25(34-26)32-18-8-4-9-19(14-18)35-30-12-13-31-35/h1-4,6-9,12-15,21-23H,5,10-11,16,27H2,(H2,28,36)(H2,29,32,33,34)/t21-,22+,23-/m1/s1. The lowest BCUT2D eigenvalue weighted by Crippen LogP contribution is -2.52. The Labute approximate surface area is 214 Å². The summed E-state index contributed by atoms with van der Waals surface area (Å²) in [6.45, 7) is 0.511. The van der Waals surface area contributed by atoms with Gasteiger partial charge in [-0.2, -0.15) is 20.0 Å². The van der Waals surface area contributed by atoms with Crippen LogP contribution in [-0.4, -0.2) is 49.1 Å². The number of hydrogen-bond acceptors (Lipinski definition) is 9. The van der Waals surface area contributed by atoms with Crippen molar-refractivity contribution in [2.75, 3.05) is 10.6 Å². The largest absolute Gasteiger partial charge is 0.372 e. The van der Waals surface area contributed by atoms with Crippen molar-refractivity contribution in [3.8, 4) is 5.69 Å². The molecule has 1 aliphatic rings. The van der Waals surface area contributed by atoms with Crippen LogP contribution in [0.2, 0.25) is 0 Å². The Kier molecular flexibility index (Phi) is 7.33. The van der Waals surface area contributed by atoms with Crippen molar-refractivity contribution in [2.24, 2.45) is 11.5 Å². The summed E-state index contributed by atoms with van der Waals surface area (Å²) in [4.78, 5) is 22.5. The van der Waals surface area contributed by atoms with Gasteiger partial charge in [0, 0.05) is 17.9 Å². The highest BCUT2D eigenvalue weighted by Gasteiger charge is 2.32. The molecule has 1 saturated carbocycles. The van der Waals surface area contributed by atoms with Crippen LogP contribution < -0.4 is 22.1 Å². The number of nitrogens with one attached hydrogen (secondary N) is 2. The van der Waals surface area contributed by atoms with Crippen molar-refractivity contribution >= 4 is 23.4 Å². The number of aromatic nitrogens is 5. The maximum Gasteiger partial charge on any atom is 0.254 e. The summed E-state index contributed by atoms with van der Waals surface area (Å²) in [5, 5.41) is 14.8. The van der Waals surface area contributed by atoms with Gasteiger partial charge in [0.1, 0.15) is 11.4 Å². The number of ether oxygens (including phenoxy) is 1. The normalized spacial score (nSPS) is 19.3. The second-order valence-electron chi connectivity index (χ2n) is 8.91. The molecule has 6 N–H and O–H groups in total. The van der Waals surface area contributed by atoms with E-state index < -0.39 is 5.91 Å². The molecule has 190 valence electrons. The van der Waals surface area contributed by atoms with Crippen molar-refractivity contribution < 1.29 is 9.53 Å². The molecule has 1 aliphatic carbocycles. The topological polar surface area (TPSA) is 159 Å². The highest BCUT2D eigenvalue weighted by Crippen LogP contribution is 2.26. The fourth-order valence-corrected chi connectivity index (χ4v) is 4.41. The zero-order valence-corrected chi connectivity index (χ0v) is 20.2. The van der Waals surface area contributed by atoms with Crippen molar-refractivity contribution in [2.45, 2.75) is 44.1 Å². The molecule has 0 unspecified atom stereocenters. The maximum atomic E-state index is 12.1. The van der Waals surface area contributed by atoms with Gasteiger partial charge in [-0.3, -0.25) is 4.79 Å². The molecule has 2 heterocycles. The Bertz CT molecular complexity index is 1330. The first-order valence-electron chi connectivity index (χ1n) is 12.1. The predicted molar refractivity (Wildman–Crippen MR) is 139 cm³/mol. The van der Waals surface area contributed by atoms with E-state index in [9.17, 15) is 4.79 Å². The summed E-state index contributed by atoms with van der Waals surface area (Å²) >= 11 is 0. The third-order valence-corrected chi connectivity index (χ3v) is 6.33. The van der Waals surface area contributed by atoms with Gasteiger partial charge in [0.05, 0.1) is 36.8 Å². The van der Waals surface area contributed by atoms with Crippen molar-refractivity contribution in [1.29, 1.82) is 0 Å². The minimum atomic E-state index is -0.636. The summed E-state index contributed by atoms with van der Waals surface area (Å²) < 4.78 is 6.15. The van der Waals surface area contributed by atoms with Crippen molar-refractivity contribution in [3.63, 3.8) is 0 Å². The first kappa shape index (κ1) is 24.3. The number of amides is 1. The lowest BCUT2D eigenvalue weighted by molar-refractivity contribution is 0.000676. The van der Waals surface area contributed by atoms with Crippen LogP contribution in [0.25, 0.3) is 5.69 Å². The fourth-order valence-electron chi connectivity index (χ4n) is 4.41. The monoisotopic (exact) mass is 499 g/mol. The molecule has 1 amide bonds. The Morgan fingerprint density at radius 3 is 2.68 bits per heavy atom. The Morgan fingerprint density at radius 2 is 1.89 bits per heavy atom. The molecule has 37 heavy (non-hydrogen) atoms. The number of anilines is 3. The van der Waals surface area contributed by atoms with E-state index in [1.807, 2.05) is 54.6 Å². The van der Waals surface area contributed by atoms with E-state index in [4.69, 9.17) is 16.2 Å². The highest BCUT2D eigenvalue weighted by atomic mass is 16.5. The third kappa shape index (κ3) is 5.90. The minimum Gasteiger partial charge on any atom is -0.372 e. The third-order valence-electron chi connectivity index (χ3n) is 6.33. The Hall–Kier alpha value is -4.35. The van der Waals surface area contributed by atoms with Gasteiger partial charge in [0.15, 0.2) is 0 Å². The van der Waals surface area contributed by atoms with E-state index in [2.05, 4.69) is 30.8 Å². The predicted octanol–water partition coefficient (Wildman–Crippen LogP) is 2.78. The van der Waals surface area contributed by atoms with Gasteiger partial charge in [-0.05, 0) is 43.0 Å². The van der Waals surface area contributed by atoms with Crippen molar-refractivity contribution in [3.05, 3.63) is 84.3 Å². The molecule has 4 aromatic rings. The van der Waals surface area contributed by atoms with Crippen LogP contribution in [0.4, 0.5) is 17.5 Å². The van der Waals surface area contributed by atoms with Gasteiger partial charge in [0.2, 0.25) is 5.95 Å². The second kappa shape index (κ2) is 11.1. The van der Waals surface area contributed by atoms with Gasteiger partial charge < -0.3 is 26.8 Å². The smallest absolute Gasteiger partial charge is 0.254 e. The van der Waals surface area contributed by atoms with Gasteiger partial charge in [0.25, 0.3) is 5.91 Å². The van der Waals surface area contributed by atoms with Gasteiger partial charge in [-0.1, -0.05) is 36.4 Å². The number of benzene rings is 2. The molecule has 11 heteroatoms. The molecule has 1 fully saturated rings. The molecule has 0 bridgehead atoms. The van der Waals surface area contributed by atoms with Gasteiger partial charge in [-0.25, -0.2) is 4.98 Å². The van der Waals surface area contributed by atoms with Crippen LogP contribution in [0, 0.1) is 0 Å². The molecule has 0 radical (unpaired) electrons. The Balaban J connectivity index is 1.30. The first-order chi connectivity index (χ1) is 18.1. The van der Waals surface area contributed by atoms with Gasteiger partial charge in [-0.15, -0.1) is 0 Å². The van der Waals surface area contributed by atoms with E-state index in [0.29, 0.717) is 18.2 Å². The molecule has 0 saturated heterocycles. The summed E-state index contributed by atoms with van der Waals surface area (Å²) in [6, 6.07) is 17.1. The van der Waals surface area contributed by atoms with Gasteiger partial charge >= 0.3 is 0 Å². The van der Waals surface area contributed by atoms with Crippen LogP contribution in [0.1, 0.15) is 35.2 Å². The van der Waals surface area contributed by atoms with Crippen LogP contribution in [0.15, 0.2) is 73.2 Å². The lowest BCUT2D eigenvalue weighted by atomic mass is 9.88. The Morgan fingerprint density at radius 1 is 1.08 bits per heavy atom. The quantitative estimate of drug-likeness (QED) is 0.272. The van der Waals surface area contributed by atoms with Crippen LogP contribution >= 0.6 is 0 Å². The van der Waals surface area contributed by atoms with Crippen LogP contribution in [0.5, 0.6) is 0 Å². The number of carbonyl (C=O) groups excluding carboxylic acids is 1. The number of hydrogen-bond donors (Lipinski definition) is 4. The molecule has 2 aromatic heterocycles. The average molecular weight is 500 g/mol. The molecular formula is C26H29N9O2. The number of primary amides is 1. The van der Waals surface area contributed by atoms with E-state index in [1.54, 1.807) is 12.4 Å². The maximum absolute atomic E-state index is 12.1. The lowest BCUT2D eigenvalue weighted by Gasteiger charge is -2.36. The zero-order chi connectivity index (χ0) is 25.6. The summed E-state index contributed by atoms with van der Waals surface area (Å²) in [6.07, 6.45) is 7.23. The van der Waals surface area contributed by atoms with E-state index in [-0.39, 0.29) is 29.6 Å². The van der Waals surface area contributed by atoms with E-state index in [1.165, 1.54) is 11.0 Å². The van der Waals surface area contributed by atoms with E-state index in [0.717, 1.165) is 30.5 Å². The zero-order valence-electron chi connectivity index (χ0n) is 20.2. The number of nitrogens with two attached hydrogens (primary N) is 2. The first-order valence-corrected chi connectivity index (χ1v) is 12.1. The average Bonchev–Trinajstić information content (AvgIpc) is 3.45. The summed E-state index contributed by atoms with van der Waals surface area (Å²) in [5.74, 6) is 0.00100. The van der Waals surface area contributed by atoms with E-state index >= 15 is 0 Å². The fraction of sp³-hybridized carbons (Fsp3) is 0.269. The molecule has 0 aliphatic heterocycles. The number of rotatable bonds is 9. The minimum absolute atomic E-state index is 0.0870. The molecular weight excluding hydrogens is 470 g/mol. The molecule has 11 nitrogen and oxygen atoms in total. The van der Waals surface area contributed by atoms with Crippen LogP contribution in [-0.2, 0) is 11.3 Å². The highest BCUT2D eigenvalue weighted by molar-refractivity contribution is 5.98. The van der Waals surface area contributed by atoms with Crippen molar-refractivity contribution in [1.82, 2.24) is 25.0 Å². The molecule has 3 atom stereocenters. The molecule has 2 aromatic carbocycles. The van der Waals surface area contributed by atoms with Crippen LogP contribution in [0.3, 0.4) is 0 Å². The number of carbonyl (C=O) groups is 1. The summed E-state index contributed by atoms with van der Waals surface area (Å²) in [7, 11) is 0. The summed E-state index contributed by atoms with van der Waals surface area (Å²) in [5.41, 5.74) is 14.9. The molecule has 5 rings (SSSR count). The second-order valence-corrected chi connectivity index (χ2v) is 8.91. The SMILES string of the molecule is NC(=O)c1cnc(N[C@@H]2CCC[C@H](OCc3ccccc3)[C@@H]2N)nc1Nc1cccc(-n2nccn2)c1. The molecule has 0 spiro atoms.